The van der Waals surface area contributed by atoms with E-state index in [1.807, 2.05) is 26.0 Å². The Morgan fingerprint density at radius 3 is 2.74 bits per heavy atom. The van der Waals surface area contributed by atoms with Gasteiger partial charge in [0.2, 0.25) is 0 Å². The van der Waals surface area contributed by atoms with E-state index in [0.29, 0.717) is 0 Å². The van der Waals surface area contributed by atoms with Crippen LogP contribution in [-0.4, -0.2) is 11.0 Å². The van der Waals surface area contributed by atoms with Crippen LogP contribution in [0.4, 0.5) is 5.69 Å². The lowest BCUT2D eigenvalue weighted by Crippen LogP contribution is -2.26. The fraction of sp³-hybridized carbons (Fsp3) is 0.214. The third-order valence-corrected chi connectivity index (χ3v) is 4.03. The number of nitrogen functional groups attached to an aromatic ring is 1. The zero-order chi connectivity index (χ0) is 14.0. The van der Waals surface area contributed by atoms with Crippen molar-refractivity contribution in [1.29, 1.82) is 0 Å². The highest BCUT2D eigenvalue weighted by atomic mass is 32.1. The number of aryl methyl sites for hydroxylation is 1. The number of carbonyl (C=O) groups is 1. The van der Waals surface area contributed by atoms with E-state index in [2.05, 4.69) is 5.32 Å². The Labute approximate surface area is 115 Å². The number of hydrogen-bond acceptors (Lipinski definition) is 4. The summed E-state index contributed by atoms with van der Waals surface area (Å²) in [7, 11) is 0. The Morgan fingerprint density at radius 2 is 2.11 bits per heavy atom. The van der Waals surface area contributed by atoms with E-state index in [1.165, 1.54) is 4.88 Å². The van der Waals surface area contributed by atoms with E-state index < -0.39 is 0 Å². The van der Waals surface area contributed by atoms with E-state index >= 15 is 0 Å². The first-order valence-corrected chi connectivity index (χ1v) is 6.75. The van der Waals surface area contributed by atoms with Crippen molar-refractivity contribution in [3.63, 3.8) is 0 Å². The molecular weight excluding hydrogens is 260 g/mol. The fourth-order valence-electron chi connectivity index (χ4n) is 1.78. The molecule has 4 nitrogen and oxygen atoms in total. The van der Waals surface area contributed by atoms with Gasteiger partial charge in [0.15, 0.2) is 5.75 Å². The number of phenolic OH excluding ortho intramolecular Hbond substituents is 1. The quantitative estimate of drug-likeness (QED) is 0.596. The van der Waals surface area contributed by atoms with Gasteiger partial charge >= 0.3 is 0 Å². The molecule has 2 rings (SSSR count). The topological polar surface area (TPSA) is 75.4 Å². The number of hydrogen-bond donors (Lipinski definition) is 3. The van der Waals surface area contributed by atoms with Crippen LogP contribution < -0.4 is 11.1 Å². The van der Waals surface area contributed by atoms with Crippen molar-refractivity contribution in [2.45, 2.75) is 19.9 Å². The molecule has 1 aromatic heterocycles. The second kappa shape index (κ2) is 5.32. The molecule has 0 bridgehead atoms. The van der Waals surface area contributed by atoms with Gasteiger partial charge in [0.1, 0.15) is 0 Å². The average molecular weight is 276 g/mol. The summed E-state index contributed by atoms with van der Waals surface area (Å²) in [5.74, 6) is -0.502. The molecule has 0 fully saturated rings. The highest BCUT2D eigenvalue weighted by Gasteiger charge is 2.16. The highest BCUT2D eigenvalue weighted by Crippen LogP contribution is 2.26. The largest absolute Gasteiger partial charge is 0.505 e. The van der Waals surface area contributed by atoms with E-state index in [1.54, 1.807) is 29.5 Å². The highest BCUT2D eigenvalue weighted by molar-refractivity contribution is 7.12. The number of thiophene rings is 1. The number of phenols is 1. The molecule has 0 saturated carbocycles. The number of nitrogens with one attached hydrogen (secondary N) is 1. The Balaban J connectivity index is 2.15. The predicted octanol–water partition coefficient (Wildman–Crippen LogP) is 2.84. The molecule has 0 aliphatic carbocycles. The van der Waals surface area contributed by atoms with Gasteiger partial charge in [-0.3, -0.25) is 4.79 Å². The molecule has 0 saturated heterocycles. The number of anilines is 1. The normalized spacial score (nSPS) is 12.1. The number of benzene rings is 1. The Kier molecular flexibility index (Phi) is 3.76. The summed E-state index contributed by atoms with van der Waals surface area (Å²) >= 11 is 1.64. The molecule has 1 unspecified atom stereocenters. The maximum Gasteiger partial charge on any atom is 0.255 e. The number of aromatic hydroxyl groups is 1. The van der Waals surface area contributed by atoms with E-state index in [4.69, 9.17) is 5.73 Å². The Hall–Kier alpha value is -2.01. The van der Waals surface area contributed by atoms with Crippen molar-refractivity contribution >= 4 is 22.9 Å². The van der Waals surface area contributed by atoms with Crippen molar-refractivity contribution in [2.24, 2.45) is 0 Å². The van der Waals surface area contributed by atoms with Crippen LogP contribution in [0.2, 0.25) is 0 Å². The van der Waals surface area contributed by atoms with E-state index in [9.17, 15) is 9.90 Å². The van der Waals surface area contributed by atoms with Crippen LogP contribution in [0.25, 0.3) is 0 Å². The smallest absolute Gasteiger partial charge is 0.255 e. The van der Waals surface area contributed by atoms with E-state index in [-0.39, 0.29) is 28.9 Å². The van der Waals surface area contributed by atoms with Crippen molar-refractivity contribution in [3.8, 4) is 5.75 Å². The minimum absolute atomic E-state index is 0.105. The summed E-state index contributed by atoms with van der Waals surface area (Å²) in [6, 6.07) is 8.65. The number of amides is 1. The van der Waals surface area contributed by atoms with Gasteiger partial charge in [-0.15, -0.1) is 11.3 Å². The molecule has 1 heterocycles. The standard InChI is InChI=1S/C14H16N2O2S/c1-8-6-7-12(19-8)9(2)16-14(18)10-4-3-5-11(15)13(10)17/h3-7,9,17H,15H2,1-2H3,(H,16,18). The number of rotatable bonds is 3. The van der Waals surface area contributed by atoms with Crippen molar-refractivity contribution in [3.05, 3.63) is 45.6 Å². The minimum Gasteiger partial charge on any atom is -0.505 e. The van der Waals surface area contributed by atoms with Crippen LogP contribution in [0, 0.1) is 6.92 Å². The maximum atomic E-state index is 12.1. The lowest BCUT2D eigenvalue weighted by molar-refractivity contribution is 0.0938. The zero-order valence-corrected chi connectivity index (χ0v) is 11.6. The van der Waals surface area contributed by atoms with Crippen LogP contribution in [0.15, 0.2) is 30.3 Å². The van der Waals surface area contributed by atoms with Crippen molar-refractivity contribution < 1.29 is 9.90 Å². The molecule has 100 valence electrons. The summed E-state index contributed by atoms with van der Waals surface area (Å²) in [5, 5.41) is 12.6. The van der Waals surface area contributed by atoms with Gasteiger partial charge in [-0.1, -0.05) is 6.07 Å². The van der Waals surface area contributed by atoms with E-state index in [0.717, 1.165) is 4.88 Å². The molecule has 19 heavy (non-hydrogen) atoms. The van der Waals surface area contributed by atoms with Gasteiger partial charge in [0.05, 0.1) is 17.3 Å². The molecule has 2 aromatic rings. The van der Waals surface area contributed by atoms with Gasteiger partial charge in [0, 0.05) is 9.75 Å². The molecule has 0 aliphatic rings. The summed E-state index contributed by atoms with van der Waals surface area (Å²) in [6.07, 6.45) is 0. The van der Waals surface area contributed by atoms with Gasteiger partial charge in [0.25, 0.3) is 5.91 Å². The predicted molar refractivity (Wildman–Crippen MR) is 77.5 cm³/mol. The Morgan fingerprint density at radius 1 is 1.37 bits per heavy atom. The summed E-state index contributed by atoms with van der Waals surface area (Å²) in [4.78, 5) is 14.4. The fourth-order valence-corrected chi connectivity index (χ4v) is 2.66. The average Bonchev–Trinajstić information content (AvgIpc) is 2.79. The molecule has 1 amide bonds. The molecule has 4 N–H and O–H groups in total. The molecular formula is C14H16N2O2S. The first-order valence-electron chi connectivity index (χ1n) is 5.93. The number of para-hydroxylation sites is 1. The van der Waals surface area contributed by atoms with Crippen LogP contribution >= 0.6 is 11.3 Å². The van der Waals surface area contributed by atoms with Crippen LogP contribution in [0.5, 0.6) is 5.75 Å². The van der Waals surface area contributed by atoms with Crippen LogP contribution in [0.1, 0.15) is 33.1 Å². The molecule has 0 radical (unpaired) electrons. The lowest BCUT2D eigenvalue weighted by Gasteiger charge is -2.13. The molecule has 1 atom stereocenters. The minimum atomic E-state index is -0.330. The first-order chi connectivity index (χ1) is 8.99. The van der Waals surface area contributed by atoms with Gasteiger partial charge in [-0.25, -0.2) is 0 Å². The van der Waals surface area contributed by atoms with Crippen LogP contribution in [0.3, 0.4) is 0 Å². The zero-order valence-electron chi connectivity index (χ0n) is 10.8. The SMILES string of the molecule is Cc1ccc(C(C)NC(=O)c2cccc(N)c2O)s1. The molecule has 0 aliphatic heterocycles. The first kappa shape index (κ1) is 13.4. The van der Waals surface area contributed by atoms with Gasteiger partial charge in [-0.2, -0.15) is 0 Å². The van der Waals surface area contributed by atoms with Crippen LogP contribution in [-0.2, 0) is 0 Å². The Bertz CT molecular complexity index is 607. The summed E-state index contributed by atoms with van der Waals surface area (Å²) < 4.78 is 0. The third-order valence-electron chi connectivity index (χ3n) is 2.85. The monoisotopic (exact) mass is 276 g/mol. The van der Waals surface area contributed by atoms with Gasteiger partial charge < -0.3 is 16.2 Å². The van der Waals surface area contributed by atoms with Gasteiger partial charge in [-0.05, 0) is 38.1 Å². The summed E-state index contributed by atoms with van der Waals surface area (Å²) in [5.41, 5.74) is 5.97. The lowest BCUT2D eigenvalue weighted by atomic mass is 10.1. The molecule has 1 aromatic carbocycles. The second-order valence-electron chi connectivity index (χ2n) is 4.39. The number of nitrogens with two attached hydrogens (primary N) is 1. The summed E-state index contributed by atoms with van der Waals surface area (Å²) in [6.45, 7) is 3.93. The molecule has 5 heteroatoms. The molecule has 0 spiro atoms. The van der Waals surface area contributed by atoms with Crippen molar-refractivity contribution in [1.82, 2.24) is 5.32 Å². The van der Waals surface area contributed by atoms with Crippen molar-refractivity contribution in [2.75, 3.05) is 5.73 Å². The maximum absolute atomic E-state index is 12.1. The second-order valence-corrected chi connectivity index (χ2v) is 5.71. The number of carbonyl (C=O) groups excluding carboxylic acids is 1. The third kappa shape index (κ3) is 2.88.